The number of esters is 1. The van der Waals surface area contributed by atoms with E-state index < -0.39 is 31.1 Å². The maximum Gasteiger partial charge on any atom is 0.309 e. The molecule has 1 saturated carbocycles. The first-order chi connectivity index (χ1) is 14.4. The number of methoxy groups -OCH3 is 1. The lowest BCUT2D eigenvalue weighted by atomic mass is 9.64. The van der Waals surface area contributed by atoms with E-state index in [1.807, 2.05) is 33.8 Å². The van der Waals surface area contributed by atoms with Gasteiger partial charge in [-0.2, -0.15) is 0 Å². The topological polar surface area (TPSA) is 65.0 Å². The number of hydrogen-bond acceptors (Lipinski definition) is 5. The van der Waals surface area contributed by atoms with Crippen molar-refractivity contribution in [2.24, 2.45) is 0 Å². The number of halogens is 1. The minimum Gasteiger partial charge on any atom is -0.460 e. The molecule has 0 radical (unpaired) electrons. The maximum absolute atomic E-state index is 12.8. The zero-order valence-corrected chi connectivity index (χ0v) is 23.6. The molecule has 0 aliphatic heterocycles. The fourth-order valence-electron chi connectivity index (χ4n) is 4.99. The van der Waals surface area contributed by atoms with E-state index in [9.17, 15) is 9.90 Å². The van der Waals surface area contributed by atoms with Crippen LogP contribution in [0.1, 0.15) is 80.6 Å². The summed E-state index contributed by atoms with van der Waals surface area (Å²) < 4.78 is 18.5. The Balaban J connectivity index is 3.32. The number of alkyl halides is 1. The average Bonchev–Trinajstić information content (AvgIpc) is 2.71. The van der Waals surface area contributed by atoms with Crippen LogP contribution in [0.25, 0.3) is 0 Å². The van der Waals surface area contributed by atoms with Crippen LogP contribution < -0.4 is 0 Å². The number of carbonyl (C=O) groups is 1. The minimum atomic E-state index is -1.84. The molecule has 1 aliphatic carbocycles. The molecular formula is C24H45BrO5Si. The molecule has 31 heavy (non-hydrogen) atoms. The molecule has 7 heteroatoms. The van der Waals surface area contributed by atoms with E-state index in [0.29, 0.717) is 18.2 Å². The average molecular weight is 522 g/mol. The zero-order chi connectivity index (χ0) is 23.9. The van der Waals surface area contributed by atoms with Crippen molar-refractivity contribution in [1.29, 1.82) is 0 Å². The van der Waals surface area contributed by atoms with Gasteiger partial charge >= 0.3 is 5.97 Å². The van der Waals surface area contributed by atoms with Gasteiger partial charge in [0.2, 0.25) is 0 Å². The van der Waals surface area contributed by atoms with E-state index >= 15 is 0 Å². The van der Waals surface area contributed by atoms with Crippen LogP contribution in [0.5, 0.6) is 0 Å². The second-order valence-electron chi connectivity index (χ2n) is 9.83. The number of allylic oxidation sites excluding steroid dienone is 1. The van der Waals surface area contributed by atoms with E-state index in [-0.39, 0.29) is 12.5 Å². The van der Waals surface area contributed by atoms with Crippen LogP contribution >= 0.6 is 15.9 Å². The van der Waals surface area contributed by atoms with Gasteiger partial charge in [-0.25, -0.2) is 0 Å². The summed E-state index contributed by atoms with van der Waals surface area (Å²) in [6, 6.07) is 3.18. The van der Waals surface area contributed by atoms with E-state index in [1.165, 1.54) is 0 Å². The van der Waals surface area contributed by atoms with Gasteiger partial charge in [-0.1, -0.05) is 42.8 Å². The molecule has 3 atom stereocenters. The van der Waals surface area contributed by atoms with Crippen LogP contribution in [-0.2, 0) is 18.7 Å². The molecule has 0 saturated heterocycles. The standard InChI is InChI=1S/C24H45BrO5Si/c1-9-19-14-13-15-23(28-8,24(19,27)17-21(26)29-22(5,6)7)16-20(18-25)30-31(10-2,11-3)12-4/h9,20,27H,10-18H2,1-8H3/b19-9+/t20-,23-,24+/m1/s1. The Kier molecular flexibility index (Phi) is 10.9. The third kappa shape index (κ3) is 6.89. The molecule has 0 bridgehead atoms. The van der Waals surface area contributed by atoms with Gasteiger partial charge in [0.05, 0.1) is 12.5 Å². The normalized spacial score (nSPS) is 27.4. The lowest BCUT2D eigenvalue weighted by molar-refractivity contribution is -0.195. The van der Waals surface area contributed by atoms with E-state index in [1.54, 1.807) is 7.11 Å². The first-order valence-electron chi connectivity index (χ1n) is 11.8. The summed E-state index contributed by atoms with van der Waals surface area (Å²) in [6.45, 7) is 14.1. The number of rotatable bonds is 11. The molecular weight excluding hydrogens is 476 g/mol. The number of ether oxygens (including phenoxy) is 2. The fourth-order valence-corrected chi connectivity index (χ4v) is 8.47. The number of aliphatic hydroxyl groups is 1. The smallest absolute Gasteiger partial charge is 0.309 e. The largest absolute Gasteiger partial charge is 0.460 e. The Morgan fingerprint density at radius 1 is 1.26 bits per heavy atom. The molecule has 182 valence electrons. The molecule has 1 N–H and O–H groups in total. The first-order valence-corrected chi connectivity index (χ1v) is 15.4. The summed E-state index contributed by atoms with van der Waals surface area (Å²) in [4.78, 5) is 12.8. The quantitative estimate of drug-likeness (QED) is 0.153. The Morgan fingerprint density at radius 3 is 2.26 bits per heavy atom. The number of carbonyl (C=O) groups excluding carboxylic acids is 1. The Labute approximate surface area is 199 Å². The van der Waals surface area contributed by atoms with E-state index in [0.717, 1.165) is 36.5 Å². The monoisotopic (exact) mass is 520 g/mol. The van der Waals surface area contributed by atoms with Gasteiger partial charge in [-0.15, -0.1) is 0 Å². The highest BCUT2D eigenvalue weighted by molar-refractivity contribution is 9.09. The number of hydrogen-bond donors (Lipinski definition) is 1. The highest BCUT2D eigenvalue weighted by Gasteiger charge is 2.57. The zero-order valence-electron chi connectivity index (χ0n) is 21.0. The van der Waals surface area contributed by atoms with Crippen LogP contribution in [0.4, 0.5) is 0 Å². The Morgan fingerprint density at radius 2 is 1.84 bits per heavy atom. The molecule has 0 heterocycles. The third-order valence-electron chi connectivity index (χ3n) is 6.95. The molecule has 1 rings (SSSR count). The van der Waals surface area contributed by atoms with Gasteiger partial charge in [0.15, 0.2) is 8.32 Å². The van der Waals surface area contributed by atoms with Crippen molar-refractivity contribution in [2.75, 3.05) is 12.4 Å². The Hall–Kier alpha value is -0.213. The lowest BCUT2D eigenvalue weighted by Gasteiger charge is -2.52. The predicted octanol–water partition coefficient (Wildman–Crippen LogP) is 6.14. The second-order valence-corrected chi connectivity index (χ2v) is 15.2. The van der Waals surface area contributed by atoms with Crippen molar-refractivity contribution in [3.63, 3.8) is 0 Å². The van der Waals surface area contributed by atoms with Crippen LogP contribution in [-0.4, -0.2) is 54.7 Å². The first kappa shape index (κ1) is 28.8. The molecule has 0 amide bonds. The highest BCUT2D eigenvalue weighted by atomic mass is 79.9. The van der Waals surface area contributed by atoms with Crippen molar-refractivity contribution in [2.45, 2.75) is 122 Å². The fraction of sp³-hybridized carbons (Fsp3) is 0.875. The van der Waals surface area contributed by atoms with Gasteiger partial charge < -0.3 is 19.0 Å². The molecule has 0 spiro atoms. The second kappa shape index (κ2) is 11.8. The predicted molar refractivity (Wildman–Crippen MR) is 133 cm³/mol. The summed E-state index contributed by atoms with van der Waals surface area (Å²) in [5, 5.41) is 12.7. The van der Waals surface area contributed by atoms with Crippen molar-refractivity contribution < 1.29 is 23.8 Å². The summed E-state index contributed by atoms with van der Waals surface area (Å²) >= 11 is 3.65. The SMILES string of the molecule is C/C=C1\CCC[C@](C[C@H](CBr)O[Si](CC)(CC)CC)(OC)[C@]1(O)CC(=O)OC(C)(C)C. The summed E-state index contributed by atoms with van der Waals surface area (Å²) in [7, 11) is -0.194. The van der Waals surface area contributed by atoms with E-state index in [2.05, 4.69) is 36.7 Å². The lowest BCUT2D eigenvalue weighted by Crippen LogP contribution is -2.62. The van der Waals surface area contributed by atoms with E-state index in [4.69, 9.17) is 13.9 Å². The van der Waals surface area contributed by atoms with Crippen LogP contribution in [0, 0.1) is 0 Å². The van der Waals surface area contributed by atoms with Crippen LogP contribution in [0.3, 0.4) is 0 Å². The van der Waals surface area contributed by atoms with Gasteiger partial charge in [-0.3, -0.25) is 4.79 Å². The molecule has 0 aromatic rings. The molecule has 0 unspecified atom stereocenters. The van der Waals surface area contributed by atoms with Gasteiger partial charge in [-0.05, 0) is 70.7 Å². The Bertz CT molecular complexity index is 605. The summed E-state index contributed by atoms with van der Waals surface area (Å²) in [6.07, 6.45) is 4.57. The molecule has 5 nitrogen and oxygen atoms in total. The summed E-state index contributed by atoms with van der Waals surface area (Å²) in [5.41, 5.74) is -2.08. The highest BCUT2D eigenvalue weighted by Crippen LogP contribution is 2.49. The molecule has 0 aromatic heterocycles. The van der Waals surface area contributed by atoms with Crippen LogP contribution in [0.15, 0.2) is 11.6 Å². The third-order valence-corrected chi connectivity index (χ3v) is 12.4. The molecule has 1 fully saturated rings. The minimum absolute atomic E-state index is 0.0900. The van der Waals surface area contributed by atoms with Crippen LogP contribution in [0.2, 0.25) is 18.1 Å². The van der Waals surface area contributed by atoms with Crippen molar-refractivity contribution in [3.8, 4) is 0 Å². The maximum atomic E-state index is 12.8. The summed E-state index contributed by atoms with van der Waals surface area (Å²) in [5.74, 6) is -0.409. The van der Waals surface area contributed by atoms with Crippen molar-refractivity contribution >= 4 is 30.2 Å². The van der Waals surface area contributed by atoms with Crippen molar-refractivity contribution in [1.82, 2.24) is 0 Å². The molecule has 1 aliphatic rings. The van der Waals surface area contributed by atoms with Crippen molar-refractivity contribution in [3.05, 3.63) is 11.6 Å². The van der Waals surface area contributed by atoms with Gasteiger partial charge in [0.25, 0.3) is 0 Å². The van der Waals surface area contributed by atoms with Gasteiger partial charge in [0, 0.05) is 18.9 Å². The van der Waals surface area contributed by atoms with Gasteiger partial charge in [0.1, 0.15) is 16.8 Å². The molecule has 0 aromatic carbocycles.